The van der Waals surface area contributed by atoms with Gasteiger partial charge in [-0.1, -0.05) is 48.5 Å². The number of aromatic nitrogens is 1. The molecule has 0 saturated heterocycles. The third-order valence-corrected chi connectivity index (χ3v) is 3.86. The van der Waals surface area contributed by atoms with Crippen LogP contribution in [0.2, 0.25) is 0 Å². The molecule has 2 aromatic carbocycles. The van der Waals surface area contributed by atoms with Crippen molar-refractivity contribution in [2.45, 2.75) is 5.92 Å². The largest absolute Gasteiger partial charge is 0.480 e. The van der Waals surface area contributed by atoms with E-state index in [-0.39, 0.29) is 0 Å². The van der Waals surface area contributed by atoms with Crippen molar-refractivity contribution in [3.05, 3.63) is 71.9 Å². The Labute approximate surface area is 143 Å². The SMILES string of the molecule is O=C(O)CNC(=O)C(C(=O)c1ccccc1)c1cc2ccccc2[nH]1. The van der Waals surface area contributed by atoms with E-state index in [9.17, 15) is 14.4 Å². The van der Waals surface area contributed by atoms with E-state index < -0.39 is 30.1 Å². The van der Waals surface area contributed by atoms with E-state index >= 15 is 0 Å². The van der Waals surface area contributed by atoms with Crippen molar-refractivity contribution in [1.29, 1.82) is 0 Å². The first-order chi connectivity index (χ1) is 12.1. The second-order valence-electron chi connectivity index (χ2n) is 5.59. The van der Waals surface area contributed by atoms with Gasteiger partial charge in [-0.2, -0.15) is 0 Å². The maximum Gasteiger partial charge on any atom is 0.322 e. The van der Waals surface area contributed by atoms with Crippen LogP contribution in [-0.4, -0.2) is 34.3 Å². The van der Waals surface area contributed by atoms with Crippen LogP contribution in [0, 0.1) is 0 Å². The number of hydrogen-bond donors (Lipinski definition) is 3. The number of para-hydroxylation sites is 1. The van der Waals surface area contributed by atoms with Crippen LogP contribution < -0.4 is 5.32 Å². The van der Waals surface area contributed by atoms with Gasteiger partial charge in [0, 0.05) is 16.8 Å². The second kappa shape index (κ2) is 7.00. The molecule has 3 aromatic rings. The highest BCUT2D eigenvalue weighted by Gasteiger charge is 2.31. The summed E-state index contributed by atoms with van der Waals surface area (Å²) in [5, 5.41) is 11.9. The number of carboxylic acids is 1. The highest BCUT2D eigenvalue weighted by molar-refractivity contribution is 6.14. The molecule has 1 amide bonds. The molecule has 126 valence electrons. The van der Waals surface area contributed by atoms with Crippen molar-refractivity contribution in [2.75, 3.05) is 6.54 Å². The van der Waals surface area contributed by atoms with Gasteiger partial charge >= 0.3 is 5.97 Å². The third-order valence-electron chi connectivity index (χ3n) is 3.86. The highest BCUT2D eigenvalue weighted by atomic mass is 16.4. The van der Waals surface area contributed by atoms with Crippen LogP contribution in [0.15, 0.2) is 60.7 Å². The molecule has 1 unspecified atom stereocenters. The lowest BCUT2D eigenvalue weighted by Crippen LogP contribution is -2.37. The van der Waals surface area contributed by atoms with Crippen molar-refractivity contribution >= 4 is 28.6 Å². The van der Waals surface area contributed by atoms with Crippen molar-refractivity contribution in [3.63, 3.8) is 0 Å². The van der Waals surface area contributed by atoms with Crippen LogP contribution in [0.4, 0.5) is 0 Å². The Morgan fingerprint density at radius 1 is 1.00 bits per heavy atom. The molecular formula is C19H16N2O4. The van der Waals surface area contributed by atoms with E-state index in [1.165, 1.54) is 0 Å². The van der Waals surface area contributed by atoms with Gasteiger partial charge in [0.25, 0.3) is 0 Å². The molecule has 0 aliphatic carbocycles. The van der Waals surface area contributed by atoms with Gasteiger partial charge in [-0.3, -0.25) is 14.4 Å². The summed E-state index contributed by atoms with van der Waals surface area (Å²) in [6.45, 7) is -0.544. The smallest absolute Gasteiger partial charge is 0.322 e. The molecule has 0 fully saturated rings. The van der Waals surface area contributed by atoms with E-state index in [1.807, 2.05) is 24.3 Å². The molecule has 3 rings (SSSR count). The summed E-state index contributed by atoms with van der Waals surface area (Å²) >= 11 is 0. The Morgan fingerprint density at radius 2 is 1.68 bits per heavy atom. The standard InChI is InChI=1S/C19H16N2O4/c22-16(23)11-20-19(25)17(18(24)12-6-2-1-3-7-12)15-10-13-8-4-5-9-14(13)21-15/h1-10,17,21H,11H2,(H,20,25)(H,22,23). The minimum atomic E-state index is -1.17. The van der Waals surface area contributed by atoms with Gasteiger partial charge in [0.1, 0.15) is 12.5 Å². The predicted molar refractivity (Wildman–Crippen MR) is 92.5 cm³/mol. The van der Waals surface area contributed by atoms with E-state index in [0.717, 1.165) is 10.9 Å². The molecule has 0 spiro atoms. The molecule has 1 aromatic heterocycles. The fraction of sp³-hybridized carbons (Fsp3) is 0.105. The summed E-state index contributed by atoms with van der Waals surface area (Å²) in [6.07, 6.45) is 0. The number of H-pyrrole nitrogens is 1. The number of benzene rings is 2. The second-order valence-corrected chi connectivity index (χ2v) is 5.59. The average molecular weight is 336 g/mol. The lowest BCUT2D eigenvalue weighted by Gasteiger charge is -2.14. The van der Waals surface area contributed by atoms with Crippen LogP contribution in [-0.2, 0) is 9.59 Å². The Bertz CT molecular complexity index is 898. The first kappa shape index (κ1) is 16.4. The highest BCUT2D eigenvalue weighted by Crippen LogP contribution is 2.25. The Morgan fingerprint density at radius 3 is 2.36 bits per heavy atom. The summed E-state index contributed by atoms with van der Waals surface area (Å²) in [7, 11) is 0. The molecule has 0 aliphatic heterocycles. The summed E-state index contributed by atoms with van der Waals surface area (Å²) in [5.74, 6) is -3.36. The number of carbonyl (C=O) groups is 3. The van der Waals surface area contributed by atoms with Crippen LogP contribution >= 0.6 is 0 Å². The maximum atomic E-state index is 12.9. The van der Waals surface area contributed by atoms with E-state index in [0.29, 0.717) is 11.3 Å². The van der Waals surface area contributed by atoms with Crippen LogP contribution in [0.25, 0.3) is 10.9 Å². The van der Waals surface area contributed by atoms with Crippen molar-refractivity contribution in [3.8, 4) is 0 Å². The number of aliphatic carboxylic acids is 1. The minimum Gasteiger partial charge on any atom is -0.480 e. The number of rotatable bonds is 6. The van der Waals surface area contributed by atoms with Gasteiger partial charge in [-0.15, -0.1) is 0 Å². The number of fused-ring (bicyclic) bond motifs is 1. The number of carboxylic acid groups (broad SMARTS) is 1. The zero-order chi connectivity index (χ0) is 17.8. The average Bonchev–Trinajstić information content (AvgIpc) is 3.04. The van der Waals surface area contributed by atoms with Gasteiger partial charge in [0.15, 0.2) is 5.78 Å². The molecule has 3 N–H and O–H groups in total. The number of aromatic amines is 1. The molecule has 1 heterocycles. The Kier molecular flexibility index (Phi) is 4.61. The fourth-order valence-corrected chi connectivity index (χ4v) is 2.69. The number of Topliss-reactive ketones (excluding diaryl/α,β-unsaturated/α-hetero) is 1. The number of hydrogen-bond acceptors (Lipinski definition) is 3. The summed E-state index contributed by atoms with van der Waals surface area (Å²) in [4.78, 5) is 39.2. The lowest BCUT2D eigenvalue weighted by molar-refractivity contribution is -0.138. The normalized spacial score (nSPS) is 11.8. The van der Waals surface area contributed by atoms with E-state index in [1.54, 1.807) is 36.4 Å². The minimum absolute atomic E-state index is 0.386. The van der Waals surface area contributed by atoms with Crippen LogP contribution in [0.1, 0.15) is 22.0 Å². The number of nitrogens with one attached hydrogen (secondary N) is 2. The van der Waals surface area contributed by atoms with Gasteiger partial charge in [-0.05, 0) is 17.5 Å². The van der Waals surface area contributed by atoms with Gasteiger partial charge in [0.05, 0.1) is 0 Å². The predicted octanol–water partition coefficient (Wildman–Crippen LogP) is 2.34. The molecule has 0 bridgehead atoms. The molecule has 6 heteroatoms. The van der Waals surface area contributed by atoms with Crippen LogP contribution in [0.3, 0.4) is 0 Å². The quantitative estimate of drug-likeness (QED) is 0.475. The lowest BCUT2D eigenvalue weighted by atomic mass is 9.93. The molecular weight excluding hydrogens is 320 g/mol. The molecule has 0 saturated carbocycles. The molecule has 6 nitrogen and oxygen atoms in total. The molecule has 1 atom stereocenters. The van der Waals surface area contributed by atoms with Gasteiger partial charge in [0.2, 0.25) is 5.91 Å². The Hall–Kier alpha value is -3.41. The molecule has 25 heavy (non-hydrogen) atoms. The maximum absolute atomic E-state index is 12.9. The summed E-state index contributed by atoms with van der Waals surface area (Å²) < 4.78 is 0. The number of carbonyl (C=O) groups excluding carboxylic acids is 2. The summed E-state index contributed by atoms with van der Waals surface area (Å²) in [6, 6.07) is 17.6. The first-order valence-electron chi connectivity index (χ1n) is 7.72. The monoisotopic (exact) mass is 336 g/mol. The van der Waals surface area contributed by atoms with Crippen molar-refractivity contribution in [1.82, 2.24) is 10.3 Å². The van der Waals surface area contributed by atoms with Crippen LogP contribution in [0.5, 0.6) is 0 Å². The zero-order valence-corrected chi connectivity index (χ0v) is 13.2. The fourth-order valence-electron chi connectivity index (χ4n) is 2.69. The zero-order valence-electron chi connectivity index (χ0n) is 13.2. The van der Waals surface area contributed by atoms with E-state index in [2.05, 4.69) is 10.3 Å². The molecule has 0 aliphatic rings. The number of ketones is 1. The van der Waals surface area contributed by atoms with Crippen molar-refractivity contribution < 1.29 is 19.5 Å². The van der Waals surface area contributed by atoms with Crippen molar-refractivity contribution in [2.24, 2.45) is 0 Å². The number of amides is 1. The van der Waals surface area contributed by atoms with Gasteiger partial charge in [-0.25, -0.2) is 0 Å². The van der Waals surface area contributed by atoms with E-state index in [4.69, 9.17) is 5.11 Å². The Balaban J connectivity index is 2.00. The summed E-state index contributed by atoms with van der Waals surface area (Å²) in [5.41, 5.74) is 1.61. The molecule has 0 radical (unpaired) electrons. The third kappa shape index (κ3) is 3.58. The van der Waals surface area contributed by atoms with Gasteiger partial charge < -0.3 is 15.4 Å². The topological polar surface area (TPSA) is 99.3 Å². The first-order valence-corrected chi connectivity index (χ1v) is 7.72.